The molecule has 0 amide bonds. The van der Waals surface area contributed by atoms with Gasteiger partial charge in [0.25, 0.3) is 0 Å². The van der Waals surface area contributed by atoms with E-state index < -0.39 is 0 Å². The first-order valence-corrected chi connectivity index (χ1v) is 5.50. The summed E-state index contributed by atoms with van der Waals surface area (Å²) >= 11 is 5.70. The van der Waals surface area contributed by atoms with Crippen LogP contribution in [0.1, 0.15) is 17.2 Å². The number of nitrogens with one attached hydrogen (secondary N) is 1. The summed E-state index contributed by atoms with van der Waals surface area (Å²) in [7, 11) is 0. The van der Waals surface area contributed by atoms with Crippen molar-refractivity contribution in [3.8, 4) is 0 Å². The Balaban J connectivity index is 2.23. The van der Waals surface area contributed by atoms with E-state index in [1.165, 1.54) is 6.07 Å². The highest BCUT2D eigenvalue weighted by atomic mass is 35.5. The average molecular weight is 255 g/mol. The molecule has 17 heavy (non-hydrogen) atoms. The lowest BCUT2D eigenvalue weighted by atomic mass is 10.0. The van der Waals surface area contributed by atoms with Gasteiger partial charge >= 0.3 is 0 Å². The number of hydrogen-bond donors (Lipinski definition) is 2. The minimum atomic E-state index is -0.371. The van der Waals surface area contributed by atoms with Crippen molar-refractivity contribution in [2.45, 2.75) is 12.5 Å². The zero-order valence-corrected chi connectivity index (χ0v) is 9.75. The summed E-state index contributed by atoms with van der Waals surface area (Å²) < 4.78 is 18.7. The minimum absolute atomic E-state index is 0.315. The Morgan fingerprint density at radius 3 is 2.82 bits per heavy atom. The van der Waals surface area contributed by atoms with Crippen molar-refractivity contribution in [1.29, 1.82) is 0 Å². The summed E-state index contributed by atoms with van der Waals surface area (Å²) in [4.78, 5) is 0. The molecule has 0 saturated carbocycles. The molecule has 0 bridgehead atoms. The maximum Gasteiger partial charge on any atom is 0.129 e. The molecule has 0 aliphatic heterocycles. The molecule has 0 aliphatic carbocycles. The highest BCUT2D eigenvalue weighted by molar-refractivity contribution is 6.30. The molecule has 1 aromatic heterocycles. The van der Waals surface area contributed by atoms with Crippen LogP contribution in [0.25, 0.3) is 0 Å². The molecule has 90 valence electrons. The smallest absolute Gasteiger partial charge is 0.129 e. The van der Waals surface area contributed by atoms with Gasteiger partial charge < -0.3 is 4.42 Å². The molecule has 1 atom stereocenters. The van der Waals surface area contributed by atoms with Crippen molar-refractivity contribution in [2.75, 3.05) is 0 Å². The number of nitrogens with two attached hydrogens (primary N) is 1. The third kappa shape index (κ3) is 2.85. The van der Waals surface area contributed by atoms with Crippen molar-refractivity contribution in [2.24, 2.45) is 5.84 Å². The summed E-state index contributed by atoms with van der Waals surface area (Å²) in [6.07, 6.45) is 3.73. The molecule has 2 rings (SSSR count). The zero-order valence-electron chi connectivity index (χ0n) is 8.99. The van der Waals surface area contributed by atoms with Crippen LogP contribution < -0.4 is 11.3 Å². The first-order chi connectivity index (χ1) is 8.20. The molecule has 0 aliphatic rings. The maximum atomic E-state index is 13.7. The Hall–Kier alpha value is -1.36. The van der Waals surface area contributed by atoms with E-state index in [9.17, 15) is 4.39 Å². The van der Waals surface area contributed by atoms with Crippen molar-refractivity contribution in [3.63, 3.8) is 0 Å². The molecule has 1 unspecified atom stereocenters. The van der Waals surface area contributed by atoms with Crippen LogP contribution in [0.15, 0.2) is 41.2 Å². The second-order valence-electron chi connectivity index (χ2n) is 3.72. The van der Waals surface area contributed by atoms with Gasteiger partial charge in [-0.05, 0) is 30.2 Å². The summed E-state index contributed by atoms with van der Waals surface area (Å²) in [6.45, 7) is 0. The van der Waals surface area contributed by atoms with E-state index in [-0.39, 0.29) is 11.9 Å². The summed E-state index contributed by atoms with van der Waals surface area (Å²) in [6, 6.07) is 6.04. The van der Waals surface area contributed by atoms with Gasteiger partial charge in [-0.2, -0.15) is 0 Å². The Bertz CT molecular complexity index is 487. The Kier molecular flexibility index (Phi) is 3.78. The first-order valence-electron chi connectivity index (χ1n) is 5.13. The van der Waals surface area contributed by atoms with E-state index in [0.717, 1.165) is 5.56 Å². The summed E-state index contributed by atoms with van der Waals surface area (Å²) in [5.74, 6) is 5.08. The molecule has 3 N–H and O–H groups in total. The molecule has 1 aromatic carbocycles. The number of furan rings is 1. The Morgan fingerprint density at radius 1 is 1.41 bits per heavy atom. The highest BCUT2D eigenvalue weighted by Crippen LogP contribution is 2.23. The first kappa shape index (κ1) is 12.1. The third-order valence-electron chi connectivity index (χ3n) is 2.56. The van der Waals surface area contributed by atoms with E-state index >= 15 is 0 Å². The monoisotopic (exact) mass is 254 g/mol. The number of halogens is 2. The lowest BCUT2D eigenvalue weighted by Crippen LogP contribution is -2.30. The Morgan fingerprint density at radius 2 is 2.24 bits per heavy atom. The molecular formula is C12H12ClFN2O. The maximum absolute atomic E-state index is 13.7. The van der Waals surface area contributed by atoms with Crippen LogP contribution in [0.5, 0.6) is 0 Å². The van der Waals surface area contributed by atoms with E-state index in [0.29, 0.717) is 17.0 Å². The lowest BCUT2D eigenvalue weighted by molar-refractivity contribution is 0.505. The van der Waals surface area contributed by atoms with E-state index in [1.807, 2.05) is 6.07 Å². The fraction of sp³-hybridized carbons (Fsp3) is 0.167. The third-order valence-corrected chi connectivity index (χ3v) is 2.79. The SMILES string of the molecule is NNC(Cc1ccoc1)c1ccc(Cl)cc1F. The zero-order chi connectivity index (χ0) is 12.3. The molecule has 5 heteroatoms. The summed E-state index contributed by atoms with van der Waals surface area (Å²) in [5.41, 5.74) is 4.02. The second kappa shape index (κ2) is 5.31. The number of hydrazine groups is 1. The van der Waals surface area contributed by atoms with Crippen molar-refractivity contribution < 1.29 is 8.81 Å². The quantitative estimate of drug-likeness (QED) is 0.652. The topological polar surface area (TPSA) is 51.2 Å². The van der Waals surface area contributed by atoms with Crippen LogP contribution in [0, 0.1) is 5.82 Å². The van der Waals surface area contributed by atoms with Gasteiger partial charge in [-0.25, -0.2) is 4.39 Å². The number of rotatable bonds is 4. The van der Waals surface area contributed by atoms with Gasteiger partial charge in [0.15, 0.2) is 0 Å². The predicted molar refractivity (Wildman–Crippen MR) is 63.9 cm³/mol. The van der Waals surface area contributed by atoms with Crippen LogP contribution in [-0.4, -0.2) is 0 Å². The van der Waals surface area contributed by atoms with Crippen LogP contribution in [0.3, 0.4) is 0 Å². The van der Waals surface area contributed by atoms with E-state index in [2.05, 4.69) is 5.43 Å². The second-order valence-corrected chi connectivity index (χ2v) is 4.16. The predicted octanol–water partition coefficient (Wildman–Crippen LogP) is 2.82. The van der Waals surface area contributed by atoms with E-state index in [4.69, 9.17) is 21.9 Å². The normalized spacial score (nSPS) is 12.6. The van der Waals surface area contributed by atoms with Gasteiger partial charge in [0, 0.05) is 10.6 Å². The van der Waals surface area contributed by atoms with Crippen molar-refractivity contribution in [1.82, 2.24) is 5.43 Å². The molecule has 3 nitrogen and oxygen atoms in total. The fourth-order valence-electron chi connectivity index (χ4n) is 1.69. The van der Waals surface area contributed by atoms with Crippen LogP contribution in [0.4, 0.5) is 4.39 Å². The highest BCUT2D eigenvalue weighted by Gasteiger charge is 2.15. The molecular weight excluding hydrogens is 243 g/mol. The number of hydrogen-bond acceptors (Lipinski definition) is 3. The van der Waals surface area contributed by atoms with E-state index in [1.54, 1.807) is 24.7 Å². The van der Waals surface area contributed by atoms with Gasteiger partial charge in [0.05, 0.1) is 18.6 Å². The van der Waals surface area contributed by atoms with Gasteiger partial charge in [0.1, 0.15) is 5.82 Å². The van der Waals surface area contributed by atoms with Gasteiger partial charge in [-0.15, -0.1) is 0 Å². The molecule has 1 heterocycles. The van der Waals surface area contributed by atoms with Crippen LogP contribution in [-0.2, 0) is 6.42 Å². The van der Waals surface area contributed by atoms with Crippen molar-refractivity contribution in [3.05, 3.63) is 58.8 Å². The van der Waals surface area contributed by atoms with Crippen molar-refractivity contribution >= 4 is 11.6 Å². The van der Waals surface area contributed by atoms with Gasteiger partial charge in [-0.1, -0.05) is 17.7 Å². The van der Waals surface area contributed by atoms with Gasteiger partial charge in [0.2, 0.25) is 0 Å². The number of benzene rings is 1. The standard InChI is InChI=1S/C12H12ClFN2O/c13-9-1-2-10(11(14)6-9)12(16-15)5-8-3-4-17-7-8/h1-4,6-7,12,16H,5,15H2. The molecule has 0 spiro atoms. The molecule has 2 aromatic rings. The average Bonchev–Trinajstić information content (AvgIpc) is 2.79. The summed E-state index contributed by atoms with van der Waals surface area (Å²) in [5, 5.41) is 0.366. The van der Waals surface area contributed by atoms with Crippen LogP contribution >= 0.6 is 11.6 Å². The minimum Gasteiger partial charge on any atom is -0.472 e. The molecule has 0 radical (unpaired) electrons. The molecule has 0 fully saturated rings. The largest absolute Gasteiger partial charge is 0.472 e. The molecule has 0 saturated heterocycles. The fourth-order valence-corrected chi connectivity index (χ4v) is 1.85. The van der Waals surface area contributed by atoms with Gasteiger partial charge in [-0.3, -0.25) is 11.3 Å². The Labute approximate surface area is 103 Å². The van der Waals surface area contributed by atoms with Crippen LogP contribution in [0.2, 0.25) is 5.02 Å². The lowest BCUT2D eigenvalue weighted by Gasteiger charge is -2.16.